The molecule has 1 amide bonds. The first kappa shape index (κ1) is 19.6. The second kappa shape index (κ2) is 9.19. The molecular formula is C20H23F2N2O2S+. The minimum absolute atomic E-state index is 0.0697. The second-order valence-electron chi connectivity index (χ2n) is 6.59. The number of hydrogen-bond donors (Lipinski definition) is 2. The molecule has 0 aromatic heterocycles. The number of anilines is 1. The molecule has 1 fully saturated rings. The number of methoxy groups -OCH3 is 1. The van der Waals surface area contributed by atoms with Crippen LogP contribution in [0.1, 0.15) is 18.4 Å². The maximum atomic E-state index is 12.4. The topological polar surface area (TPSA) is 42.8 Å². The van der Waals surface area contributed by atoms with Crippen molar-refractivity contribution in [2.45, 2.75) is 36.1 Å². The van der Waals surface area contributed by atoms with Crippen LogP contribution in [0.4, 0.5) is 14.5 Å². The van der Waals surface area contributed by atoms with E-state index in [2.05, 4.69) is 5.32 Å². The van der Waals surface area contributed by atoms with E-state index < -0.39 is 5.76 Å². The van der Waals surface area contributed by atoms with Crippen LogP contribution in [0.25, 0.3) is 0 Å². The van der Waals surface area contributed by atoms with Crippen LogP contribution >= 0.6 is 11.8 Å². The minimum atomic E-state index is -2.45. The average molecular weight is 393 g/mol. The van der Waals surface area contributed by atoms with Gasteiger partial charge in [0.15, 0.2) is 6.54 Å². The van der Waals surface area contributed by atoms with Gasteiger partial charge in [0.05, 0.1) is 13.2 Å². The van der Waals surface area contributed by atoms with E-state index in [1.807, 2.05) is 24.3 Å². The summed E-state index contributed by atoms with van der Waals surface area (Å²) in [5.74, 6) is -1.70. The molecule has 144 valence electrons. The van der Waals surface area contributed by atoms with E-state index in [0.717, 1.165) is 25.1 Å². The number of carbonyl (C=O) groups excluding carboxylic acids is 1. The summed E-state index contributed by atoms with van der Waals surface area (Å²) in [6, 6.07) is 14.9. The third-order valence-corrected chi connectivity index (χ3v) is 5.22. The molecule has 0 bridgehead atoms. The Morgan fingerprint density at radius 2 is 1.85 bits per heavy atom. The third-order valence-electron chi connectivity index (χ3n) is 4.50. The molecule has 0 radical (unpaired) electrons. The number of hydrogen-bond acceptors (Lipinski definition) is 3. The summed E-state index contributed by atoms with van der Waals surface area (Å²) in [5, 5.41) is 2.86. The van der Waals surface area contributed by atoms with Crippen LogP contribution in [0.3, 0.4) is 0 Å². The zero-order chi connectivity index (χ0) is 19.2. The van der Waals surface area contributed by atoms with Crippen LogP contribution in [-0.2, 0) is 11.3 Å². The molecule has 27 heavy (non-hydrogen) atoms. The molecule has 7 heteroatoms. The molecule has 2 aromatic rings. The minimum Gasteiger partial charge on any atom is -0.497 e. The number of ether oxygens (including phenoxy) is 1. The Morgan fingerprint density at radius 3 is 2.41 bits per heavy atom. The van der Waals surface area contributed by atoms with Crippen molar-refractivity contribution < 1.29 is 23.2 Å². The summed E-state index contributed by atoms with van der Waals surface area (Å²) in [7, 11) is 1.64. The van der Waals surface area contributed by atoms with Gasteiger partial charge in [-0.1, -0.05) is 11.8 Å². The number of amides is 1. The van der Waals surface area contributed by atoms with Gasteiger partial charge in [-0.2, -0.15) is 8.78 Å². The van der Waals surface area contributed by atoms with E-state index in [1.54, 1.807) is 31.4 Å². The number of halogens is 2. The lowest BCUT2D eigenvalue weighted by Gasteiger charge is -2.19. The summed E-state index contributed by atoms with van der Waals surface area (Å²) < 4.78 is 29.9. The van der Waals surface area contributed by atoms with Gasteiger partial charge in [0.25, 0.3) is 11.7 Å². The average Bonchev–Trinajstić information content (AvgIpc) is 3.48. The van der Waals surface area contributed by atoms with E-state index in [9.17, 15) is 13.6 Å². The molecule has 2 aromatic carbocycles. The maximum Gasteiger partial charge on any atom is 0.288 e. The van der Waals surface area contributed by atoms with Gasteiger partial charge in [0, 0.05) is 29.0 Å². The first-order chi connectivity index (χ1) is 13.0. The first-order valence-corrected chi connectivity index (χ1v) is 9.73. The Kier molecular flexibility index (Phi) is 6.68. The van der Waals surface area contributed by atoms with Crippen LogP contribution < -0.4 is 15.0 Å². The second-order valence-corrected chi connectivity index (χ2v) is 7.65. The Hall–Kier alpha value is -2.12. The lowest BCUT2D eigenvalue weighted by Crippen LogP contribution is -3.13. The van der Waals surface area contributed by atoms with Gasteiger partial charge in [-0.3, -0.25) is 4.79 Å². The maximum absolute atomic E-state index is 12.4. The number of carbonyl (C=O) groups is 1. The largest absolute Gasteiger partial charge is 0.497 e. The number of quaternary nitrogens is 1. The first-order valence-electron chi connectivity index (χ1n) is 8.85. The predicted octanol–water partition coefficient (Wildman–Crippen LogP) is 3.20. The van der Waals surface area contributed by atoms with Crippen molar-refractivity contribution in [2.24, 2.45) is 0 Å². The highest BCUT2D eigenvalue weighted by Crippen LogP contribution is 2.26. The van der Waals surface area contributed by atoms with Crippen LogP contribution in [0.2, 0.25) is 0 Å². The number of rotatable bonds is 9. The van der Waals surface area contributed by atoms with Crippen LogP contribution in [0, 0.1) is 0 Å². The highest BCUT2D eigenvalue weighted by molar-refractivity contribution is 7.99. The number of thioether (sulfide) groups is 1. The van der Waals surface area contributed by atoms with Crippen LogP contribution in [-0.4, -0.2) is 31.4 Å². The van der Waals surface area contributed by atoms with Gasteiger partial charge in [0.1, 0.15) is 12.3 Å². The molecule has 1 saturated carbocycles. The van der Waals surface area contributed by atoms with E-state index in [4.69, 9.17) is 4.74 Å². The molecule has 0 spiro atoms. The third kappa shape index (κ3) is 6.22. The van der Waals surface area contributed by atoms with E-state index >= 15 is 0 Å². The summed E-state index contributed by atoms with van der Waals surface area (Å²) in [5.41, 5.74) is 1.79. The van der Waals surface area contributed by atoms with Crippen molar-refractivity contribution in [1.82, 2.24) is 0 Å². The zero-order valence-corrected chi connectivity index (χ0v) is 15.9. The highest BCUT2D eigenvalue weighted by atomic mass is 32.2. The number of nitrogens with one attached hydrogen (secondary N) is 2. The molecule has 1 atom stereocenters. The lowest BCUT2D eigenvalue weighted by molar-refractivity contribution is -0.916. The fourth-order valence-electron chi connectivity index (χ4n) is 2.98. The summed E-state index contributed by atoms with van der Waals surface area (Å²) >= 11 is 0.494. The van der Waals surface area contributed by atoms with E-state index in [-0.39, 0.29) is 5.91 Å². The van der Waals surface area contributed by atoms with Crippen molar-refractivity contribution in [3.63, 3.8) is 0 Å². The van der Waals surface area contributed by atoms with Crippen molar-refractivity contribution in [1.29, 1.82) is 0 Å². The fraction of sp³-hybridized carbons (Fsp3) is 0.350. The Bertz CT molecular complexity index is 750. The van der Waals surface area contributed by atoms with Crippen LogP contribution in [0.5, 0.6) is 5.75 Å². The summed E-state index contributed by atoms with van der Waals surface area (Å²) in [6.45, 7) is 1.16. The molecule has 0 heterocycles. The summed E-state index contributed by atoms with van der Waals surface area (Å²) in [6.07, 6.45) is 2.27. The van der Waals surface area contributed by atoms with Gasteiger partial charge >= 0.3 is 0 Å². The van der Waals surface area contributed by atoms with Crippen molar-refractivity contribution >= 4 is 23.4 Å². The molecule has 0 saturated heterocycles. The zero-order valence-electron chi connectivity index (χ0n) is 15.1. The Labute approximate surface area is 161 Å². The Morgan fingerprint density at radius 1 is 1.19 bits per heavy atom. The van der Waals surface area contributed by atoms with Crippen LogP contribution in [0.15, 0.2) is 53.4 Å². The van der Waals surface area contributed by atoms with Crippen molar-refractivity contribution in [3.8, 4) is 5.75 Å². The van der Waals surface area contributed by atoms with Gasteiger partial charge in [-0.25, -0.2) is 0 Å². The van der Waals surface area contributed by atoms with E-state index in [0.29, 0.717) is 34.9 Å². The molecule has 0 aliphatic heterocycles. The smallest absolute Gasteiger partial charge is 0.288 e. The normalized spacial score (nSPS) is 14.8. The van der Waals surface area contributed by atoms with Gasteiger partial charge in [-0.15, -0.1) is 0 Å². The van der Waals surface area contributed by atoms with Gasteiger partial charge in [-0.05, 0) is 48.5 Å². The quantitative estimate of drug-likeness (QED) is 0.643. The standard InChI is InChI=1S/C20H22F2N2O2S/c1-26-17-8-2-14(3-9-17)12-24(16-6-7-16)13-19(25)23-15-4-10-18(11-5-15)27-20(21)22/h2-5,8-11,16,20H,6-7,12-13H2,1H3,(H,23,25)/p+1. The predicted molar refractivity (Wildman–Crippen MR) is 102 cm³/mol. The molecule has 4 nitrogen and oxygen atoms in total. The van der Waals surface area contributed by atoms with Crippen molar-refractivity contribution in [2.75, 3.05) is 19.0 Å². The molecular weight excluding hydrogens is 370 g/mol. The Balaban J connectivity index is 1.55. The highest BCUT2D eigenvalue weighted by Gasteiger charge is 2.34. The monoisotopic (exact) mass is 393 g/mol. The van der Waals surface area contributed by atoms with Gasteiger partial charge in [0.2, 0.25) is 0 Å². The molecule has 1 aliphatic carbocycles. The number of alkyl halides is 2. The molecule has 1 unspecified atom stereocenters. The van der Waals surface area contributed by atoms with E-state index in [1.165, 1.54) is 10.5 Å². The molecule has 2 N–H and O–H groups in total. The lowest BCUT2D eigenvalue weighted by atomic mass is 10.2. The number of benzene rings is 2. The van der Waals surface area contributed by atoms with Gasteiger partial charge < -0.3 is 15.0 Å². The molecule has 1 aliphatic rings. The van der Waals surface area contributed by atoms with Crippen molar-refractivity contribution in [3.05, 3.63) is 54.1 Å². The summed E-state index contributed by atoms with van der Waals surface area (Å²) in [4.78, 5) is 14.1. The SMILES string of the molecule is COc1ccc(C[NH+](CC(=O)Nc2ccc(SC(F)F)cc2)C2CC2)cc1. The molecule has 3 rings (SSSR count). The fourth-order valence-corrected chi connectivity index (χ4v) is 3.48.